The van der Waals surface area contributed by atoms with Crippen LogP contribution in [-0.4, -0.2) is 24.5 Å². The van der Waals surface area contributed by atoms with Crippen LogP contribution in [-0.2, 0) is 9.53 Å². The van der Waals surface area contributed by atoms with Gasteiger partial charge in [-0.3, -0.25) is 4.79 Å². The molecule has 0 bridgehead atoms. The molecule has 3 aromatic carbocycles. The molecular formula is C25H23N3O3. The molecule has 3 aromatic rings. The predicted molar refractivity (Wildman–Crippen MR) is 120 cm³/mol. The van der Waals surface area contributed by atoms with E-state index in [2.05, 4.69) is 36.2 Å². The van der Waals surface area contributed by atoms with E-state index in [1.54, 1.807) is 0 Å². The van der Waals surface area contributed by atoms with E-state index in [1.807, 2.05) is 48.5 Å². The molecule has 1 N–H and O–H groups in total. The molecule has 0 aliphatic rings. The fourth-order valence-electron chi connectivity index (χ4n) is 3.13. The van der Waals surface area contributed by atoms with Gasteiger partial charge in [0.2, 0.25) is 0 Å². The largest absolute Gasteiger partial charge is 0.452 e. The van der Waals surface area contributed by atoms with Crippen LogP contribution in [0.3, 0.4) is 0 Å². The number of hydrogen-bond donors (Lipinski definition) is 1. The Morgan fingerprint density at radius 3 is 2.13 bits per heavy atom. The van der Waals surface area contributed by atoms with Crippen molar-refractivity contribution < 1.29 is 14.3 Å². The molecule has 0 fully saturated rings. The minimum absolute atomic E-state index is 0.254. The highest BCUT2D eigenvalue weighted by Gasteiger charge is 2.14. The Hall–Kier alpha value is -4.11. The van der Waals surface area contributed by atoms with Gasteiger partial charge in [-0.15, -0.1) is 0 Å². The SMILES string of the molecule is CC(C)N(c1ccccc1)c1ccc(NC(=O)COC(=O)c2ccc(C#N)cc2)cc1. The number of benzene rings is 3. The lowest BCUT2D eigenvalue weighted by Crippen LogP contribution is -2.25. The van der Waals surface area contributed by atoms with E-state index in [9.17, 15) is 9.59 Å². The number of anilines is 3. The fourth-order valence-corrected chi connectivity index (χ4v) is 3.13. The molecule has 0 atom stereocenters. The van der Waals surface area contributed by atoms with Gasteiger partial charge in [-0.05, 0) is 74.5 Å². The third-order valence-electron chi connectivity index (χ3n) is 4.56. The maximum absolute atomic E-state index is 12.2. The molecule has 1 amide bonds. The summed E-state index contributed by atoms with van der Waals surface area (Å²) in [7, 11) is 0. The smallest absolute Gasteiger partial charge is 0.338 e. The lowest BCUT2D eigenvalue weighted by atomic mass is 10.1. The lowest BCUT2D eigenvalue weighted by molar-refractivity contribution is -0.119. The van der Waals surface area contributed by atoms with Crippen LogP contribution in [0, 0.1) is 11.3 Å². The van der Waals surface area contributed by atoms with Crippen molar-refractivity contribution in [2.45, 2.75) is 19.9 Å². The molecule has 0 aromatic heterocycles. The topological polar surface area (TPSA) is 82.4 Å². The number of carbonyl (C=O) groups is 2. The van der Waals surface area contributed by atoms with E-state index >= 15 is 0 Å². The number of ether oxygens (including phenoxy) is 1. The van der Waals surface area contributed by atoms with Crippen LogP contribution in [0.25, 0.3) is 0 Å². The van der Waals surface area contributed by atoms with Gasteiger partial charge in [0.1, 0.15) is 0 Å². The lowest BCUT2D eigenvalue weighted by Gasteiger charge is -2.29. The van der Waals surface area contributed by atoms with Gasteiger partial charge >= 0.3 is 5.97 Å². The summed E-state index contributed by atoms with van der Waals surface area (Å²) in [5, 5.41) is 11.5. The van der Waals surface area contributed by atoms with Crippen molar-refractivity contribution in [1.29, 1.82) is 5.26 Å². The van der Waals surface area contributed by atoms with E-state index < -0.39 is 18.5 Å². The van der Waals surface area contributed by atoms with Crippen molar-refractivity contribution in [2.75, 3.05) is 16.8 Å². The number of amides is 1. The Morgan fingerprint density at radius 2 is 1.55 bits per heavy atom. The highest BCUT2D eigenvalue weighted by molar-refractivity contribution is 5.95. The molecule has 3 rings (SSSR count). The van der Waals surface area contributed by atoms with Gasteiger partial charge < -0.3 is 15.0 Å². The molecule has 0 saturated carbocycles. The van der Waals surface area contributed by atoms with Gasteiger partial charge in [0.15, 0.2) is 6.61 Å². The van der Waals surface area contributed by atoms with Gasteiger partial charge in [-0.2, -0.15) is 5.26 Å². The molecule has 31 heavy (non-hydrogen) atoms. The van der Waals surface area contributed by atoms with Crippen LogP contribution in [0.15, 0.2) is 78.9 Å². The molecule has 156 valence electrons. The zero-order chi connectivity index (χ0) is 22.2. The van der Waals surface area contributed by atoms with Gasteiger partial charge in [0.25, 0.3) is 5.91 Å². The van der Waals surface area contributed by atoms with Crippen LogP contribution in [0.5, 0.6) is 0 Å². The summed E-state index contributed by atoms with van der Waals surface area (Å²) in [4.78, 5) is 26.4. The summed E-state index contributed by atoms with van der Waals surface area (Å²) in [5.41, 5.74) is 3.43. The van der Waals surface area contributed by atoms with E-state index in [-0.39, 0.29) is 11.6 Å². The third kappa shape index (κ3) is 5.71. The van der Waals surface area contributed by atoms with Crippen LogP contribution in [0.2, 0.25) is 0 Å². The van der Waals surface area contributed by atoms with E-state index in [0.717, 1.165) is 11.4 Å². The van der Waals surface area contributed by atoms with Gasteiger partial charge in [0.05, 0.1) is 17.2 Å². The number of rotatable bonds is 7. The van der Waals surface area contributed by atoms with Crippen LogP contribution in [0.4, 0.5) is 17.1 Å². The van der Waals surface area contributed by atoms with Gasteiger partial charge in [0, 0.05) is 23.1 Å². The van der Waals surface area contributed by atoms with Gasteiger partial charge in [-0.25, -0.2) is 4.79 Å². The molecule has 0 heterocycles. The molecule has 0 unspecified atom stereocenters. The average molecular weight is 413 g/mol. The minimum atomic E-state index is -0.620. The number of para-hydroxylation sites is 1. The first-order chi connectivity index (χ1) is 15.0. The molecule has 6 nitrogen and oxygen atoms in total. The Morgan fingerprint density at radius 1 is 0.935 bits per heavy atom. The first-order valence-corrected chi connectivity index (χ1v) is 9.89. The summed E-state index contributed by atoms with van der Waals surface area (Å²) < 4.78 is 5.04. The second kappa shape index (κ2) is 10.1. The Labute approximate surface area is 181 Å². The predicted octanol–water partition coefficient (Wildman–Crippen LogP) is 4.90. The second-order valence-corrected chi connectivity index (χ2v) is 7.16. The Kier molecular flexibility index (Phi) is 7.02. The number of nitriles is 1. The highest BCUT2D eigenvalue weighted by atomic mass is 16.5. The summed E-state index contributed by atoms with van der Waals surface area (Å²) in [6, 6.07) is 25.8. The molecule has 0 aliphatic heterocycles. The zero-order valence-electron chi connectivity index (χ0n) is 17.4. The van der Waals surface area contributed by atoms with Crippen LogP contribution >= 0.6 is 0 Å². The first kappa shape index (κ1) is 21.6. The van der Waals surface area contributed by atoms with Crippen molar-refractivity contribution >= 4 is 28.9 Å². The van der Waals surface area contributed by atoms with Crippen LogP contribution in [0.1, 0.15) is 29.8 Å². The molecular weight excluding hydrogens is 390 g/mol. The fraction of sp³-hybridized carbons (Fsp3) is 0.160. The number of nitrogens with one attached hydrogen (secondary N) is 1. The first-order valence-electron chi connectivity index (χ1n) is 9.89. The Balaban J connectivity index is 1.58. The van der Waals surface area contributed by atoms with E-state index in [0.29, 0.717) is 11.3 Å². The number of carbonyl (C=O) groups excluding carboxylic acids is 2. The molecule has 0 spiro atoms. The maximum Gasteiger partial charge on any atom is 0.338 e. The summed E-state index contributed by atoms with van der Waals surface area (Å²) in [5.74, 6) is -1.05. The minimum Gasteiger partial charge on any atom is -0.452 e. The van der Waals surface area contributed by atoms with E-state index in [1.165, 1.54) is 24.3 Å². The molecule has 6 heteroatoms. The average Bonchev–Trinajstić information content (AvgIpc) is 2.79. The number of hydrogen-bond acceptors (Lipinski definition) is 5. The van der Waals surface area contributed by atoms with Crippen LogP contribution < -0.4 is 10.2 Å². The second-order valence-electron chi connectivity index (χ2n) is 7.16. The normalized spacial score (nSPS) is 10.3. The molecule has 0 radical (unpaired) electrons. The van der Waals surface area contributed by atoms with Gasteiger partial charge in [-0.1, -0.05) is 18.2 Å². The summed E-state index contributed by atoms with van der Waals surface area (Å²) >= 11 is 0. The Bertz CT molecular complexity index is 1070. The molecule has 0 aliphatic carbocycles. The van der Waals surface area contributed by atoms with Crippen molar-refractivity contribution in [3.63, 3.8) is 0 Å². The zero-order valence-corrected chi connectivity index (χ0v) is 17.4. The standard InChI is InChI=1S/C25H23N3O3/c1-18(2)28(22-6-4-3-5-7-22)23-14-12-21(13-15-23)27-24(29)17-31-25(30)20-10-8-19(16-26)9-11-20/h3-15,18H,17H2,1-2H3,(H,27,29). The highest BCUT2D eigenvalue weighted by Crippen LogP contribution is 2.28. The monoisotopic (exact) mass is 413 g/mol. The maximum atomic E-state index is 12.2. The number of esters is 1. The third-order valence-corrected chi connectivity index (χ3v) is 4.56. The van der Waals surface area contributed by atoms with Crippen molar-refractivity contribution in [3.05, 3.63) is 90.0 Å². The quantitative estimate of drug-likeness (QED) is 0.557. The van der Waals surface area contributed by atoms with Crippen molar-refractivity contribution in [2.24, 2.45) is 0 Å². The van der Waals surface area contributed by atoms with Crippen molar-refractivity contribution in [3.8, 4) is 6.07 Å². The van der Waals surface area contributed by atoms with E-state index in [4.69, 9.17) is 10.00 Å². The molecule has 0 saturated heterocycles. The summed E-state index contributed by atoms with van der Waals surface area (Å²) in [6.07, 6.45) is 0. The summed E-state index contributed by atoms with van der Waals surface area (Å²) in [6.45, 7) is 3.83. The number of nitrogens with zero attached hydrogens (tertiary/aromatic N) is 2. The van der Waals surface area contributed by atoms with Crippen molar-refractivity contribution in [1.82, 2.24) is 0 Å².